The third kappa shape index (κ3) is 3.88. The van der Waals surface area contributed by atoms with Gasteiger partial charge in [0.2, 0.25) is 5.91 Å². The van der Waals surface area contributed by atoms with Gasteiger partial charge in [0.1, 0.15) is 6.04 Å². The van der Waals surface area contributed by atoms with Crippen LogP contribution in [0.2, 0.25) is 0 Å². The van der Waals surface area contributed by atoms with Gasteiger partial charge in [0.15, 0.2) is 0 Å². The van der Waals surface area contributed by atoms with Crippen LogP contribution in [0.15, 0.2) is 53.3 Å². The molecule has 0 bridgehead atoms. The quantitative estimate of drug-likeness (QED) is 0.738. The molecule has 5 heteroatoms. The summed E-state index contributed by atoms with van der Waals surface area (Å²) in [6.07, 6.45) is 0. The average Bonchev–Trinajstić information content (AvgIpc) is 2.67. The lowest BCUT2D eigenvalue weighted by molar-refractivity contribution is -0.119. The molecule has 0 aliphatic carbocycles. The molecule has 1 unspecified atom stereocenters. The lowest BCUT2D eigenvalue weighted by Crippen LogP contribution is -2.33. The predicted octanol–water partition coefficient (Wildman–Crippen LogP) is 4.34. The fourth-order valence-electron chi connectivity index (χ4n) is 3.11. The first-order chi connectivity index (χ1) is 13.3. The van der Waals surface area contributed by atoms with Crippen molar-refractivity contribution in [2.24, 2.45) is 0 Å². The van der Waals surface area contributed by atoms with E-state index in [1.54, 1.807) is 13.0 Å². The van der Waals surface area contributed by atoms with E-state index in [0.717, 1.165) is 27.9 Å². The van der Waals surface area contributed by atoms with Crippen LogP contribution in [0.25, 0.3) is 11.3 Å². The number of hydrogen-bond acceptors (Lipinski definition) is 3. The highest BCUT2D eigenvalue weighted by molar-refractivity contribution is 5.94. The summed E-state index contributed by atoms with van der Waals surface area (Å²) in [6, 6.07) is 14.3. The maximum atomic E-state index is 12.8. The van der Waals surface area contributed by atoms with Crippen LogP contribution in [0.5, 0.6) is 0 Å². The number of aryl methyl sites for hydroxylation is 4. The molecule has 1 heterocycles. The van der Waals surface area contributed by atoms with E-state index in [0.29, 0.717) is 5.69 Å². The number of rotatable bonds is 4. The molecule has 0 aliphatic heterocycles. The number of nitrogens with zero attached hydrogens (tertiary/aromatic N) is 2. The standard InChI is InChI=1S/C23H25N3O2/c1-14-9-10-19(13-17(14)4)20-11-12-21(27)26(25-20)18(5)23(28)24-22-15(2)7-6-8-16(22)3/h6-13,18H,1-5H3,(H,24,28). The van der Waals surface area contributed by atoms with Crippen LogP contribution in [0.4, 0.5) is 5.69 Å². The SMILES string of the molecule is Cc1ccc(-c2ccc(=O)n(C(C)C(=O)Nc3c(C)cccc3C)n2)cc1C. The molecule has 1 N–H and O–H groups in total. The highest BCUT2D eigenvalue weighted by Crippen LogP contribution is 2.22. The van der Waals surface area contributed by atoms with Gasteiger partial charge in [-0.15, -0.1) is 0 Å². The Labute approximate surface area is 165 Å². The van der Waals surface area contributed by atoms with E-state index in [9.17, 15) is 9.59 Å². The van der Waals surface area contributed by atoms with E-state index in [2.05, 4.69) is 10.4 Å². The number of nitrogens with one attached hydrogen (secondary N) is 1. The average molecular weight is 375 g/mol. The molecule has 0 radical (unpaired) electrons. The molecule has 2 aromatic carbocycles. The first-order valence-corrected chi connectivity index (χ1v) is 9.32. The monoisotopic (exact) mass is 375 g/mol. The van der Waals surface area contributed by atoms with E-state index in [1.807, 2.05) is 64.1 Å². The molecule has 0 spiro atoms. The molecule has 5 nitrogen and oxygen atoms in total. The summed E-state index contributed by atoms with van der Waals surface area (Å²) >= 11 is 0. The molecule has 1 atom stereocenters. The Bertz CT molecular complexity index is 1080. The Morgan fingerprint density at radius 3 is 2.25 bits per heavy atom. The van der Waals surface area contributed by atoms with Crippen molar-refractivity contribution >= 4 is 11.6 Å². The minimum absolute atomic E-state index is 0.274. The largest absolute Gasteiger partial charge is 0.324 e. The lowest BCUT2D eigenvalue weighted by Gasteiger charge is -2.17. The Balaban J connectivity index is 1.93. The second-order valence-corrected chi connectivity index (χ2v) is 7.23. The third-order valence-electron chi connectivity index (χ3n) is 5.10. The van der Waals surface area contributed by atoms with Gasteiger partial charge in [-0.1, -0.05) is 30.3 Å². The summed E-state index contributed by atoms with van der Waals surface area (Å²) in [5.41, 5.74) is 6.34. The van der Waals surface area contributed by atoms with Crippen LogP contribution in [-0.2, 0) is 4.79 Å². The molecular weight excluding hydrogens is 350 g/mol. The number of anilines is 1. The number of benzene rings is 2. The second kappa shape index (κ2) is 7.80. The molecule has 28 heavy (non-hydrogen) atoms. The van der Waals surface area contributed by atoms with Crippen molar-refractivity contribution in [3.8, 4) is 11.3 Å². The molecule has 1 amide bonds. The van der Waals surface area contributed by atoms with Crippen molar-refractivity contribution in [3.63, 3.8) is 0 Å². The highest BCUT2D eigenvalue weighted by Gasteiger charge is 2.19. The van der Waals surface area contributed by atoms with E-state index in [1.165, 1.54) is 16.3 Å². The van der Waals surface area contributed by atoms with Gasteiger partial charge in [-0.05, 0) is 69.0 Å². The minimum atomic E-state index is -0.738. The number of hydrogen-bond donors (Lipinski definition) is 1. The third-order valence-corrected chi connectivity index (χ3v) is 5.10. The fraction of sp³-hybridized carbons (Fsp3) is 0.261. The van der Waals surface area contributed by atoms with Gasteiger partial charge in [-0.25, -0.2) is 4.68 Å². The first kappa shape index (κ1) is 19.5. The predicted molar refractivity (Wildman–Crippen MR) is 113 cm³/mol. The first-order valence-electron chi connectivity index (χ1n) is 9.32. The maximum absolute atomic E-state index is 12.8. The van der Waals surface area contributed by atoms with E-state index < -0.39 is 6.04 Å². The number of carbonyl (C=O) groups is 1. The summed E-state index contributed by atoms with van der Waals surface area (Å²) in [7, 11) is 0. The number of carbonyl (C=O) groups excluding carboxylic acids is 1. The smallest absolute Gasteiger partial charge is 0.267 e. The van der Waals surface area contributed by atoms with Crippen molar-refractivity contribution in [1.82, 2.24) is 9.78 Å². The Morgan fingerprint density at radius 2 is 1.61 bits per heavy atom. The molecule has 3 aromatic rings. The zero-order valence-corrected chi connectivity index (χ0v) is 16.9. The van der Waals surface area contributed by atoms with Gasteiger partial charge in [-0.2, -0.15) is 5.10 Å². The summed E-state index contributed by atoms with van der Waals surface area (Å²) in [5.74, 6) is -0.274. The molecule has 1 aromatic heterocycles. The molecular formula is C23H25N3O2. The normalized spacial score (nSPS) is 11.9. The van der Waals surface area contributed by atoms with Crippen molar-refractivity contribution in [2.45, 2.75) is 40.7 Å². The van der Waals surface area contributed by atoms with Gasteiger partial charge in [0.25, 0.3) is 5.56 Å². The van der Waals surface area contributed by atoms with E-state index >= 15 is 0 Å². The summed E-state index contributed by atoms with van der Waals surface area (Å²) < 4.78 is 1.24. The van der Waals surface area contributed by atoms with Crippen LogP contribution >= 0.6 is 0 Å². The Hall–Kier alpha value is -3.21. The van der Waals surface area contributed by atoms with Crippen LogP contribution in [-0.4, -0.2) is 15.7 Å². The van der Waals surface area contributed by atoms with Crippen molar-refractivity contribution < 1.29 is 4.79 Å². The lowest BCUT2D eigenvalue weighted by atomic mass is 10.0. The molecule has 3 rings (SSSR count). The molecule has 0 saturated heterocycles. The summed E-state index contributed by atoms with van der Waals surface area (Å²) in [5, 5.41) is 7.41. The highest BCUT2D eigenvalue weighted by atomic mass is 16.2. The van der Waals surface area contributed by atoms with Gasteiger partial charge in [-0.3, -0.25) is 9.59 Å². The van der Waals surface area contributed by atoms with Crippen molar-refractivity contribution in [2.75, 3.05) is 5.32 Å². The zero-order valence-electron chi connectivity index (χ0n) is 16.9. The van der Waals surface area contributed by atoms with Crippen molar-refractivity contribution in [3.05, 3.63) is 81.1 Å². The van der Waals surface area contributed by atoms with Crippen LogP contribution < -0.4 is 10.9 Å². The van der Waals surface area contributed by atoms with Gasteiger partial charge in [0.05, 0.1) is 5.69 Å². The number of aromatic nitrogens is 2. The maximum Gasteiger partial charge on any atom is 0.267 e. The van der Waals surface area contributed by atoms with E-state index in [4.69, 9.17) is 0 Å². The van der Waals surface area contributed by atoms with Gasteiger partial charge >= 0.3 is 0 Å². The second-order valence-electron chi connectivity index (χ2n) is 7.23. The summed E-state index contributed by atoms with van der Waals surface area (Å²) in [6.45, 7) is 9.65. The molecule has 144 valence electrons. The van der Waals surface area contributed by atoms with Crippen LogP contribution in [0, 0.1) is 27.7 Å². The Kier molecular flexibility index (Phi) is 5.45. The zero-order chi connectivity index (χ0) is 20.4. The summed E-state index contributed by atoms with van der Waals surface area (Å²) in [4.78, 5) is 25.2. The van der Waals surface area contributed by atoms with E-state index in [-0.39, 0.29) is 11.5 Å². The number of amides is 1. The van der Waals surface area contributed by atoms with Crippen molar-refractivity contribution in [1.29, 1.82) is 0 Å². The minimum Gasteiger partial charge on any atom is -0.324 e. The van der Waals surface area contributed by atoms with Gasteiger partial charge < -0.3 is 5.32 Å². The molecule has 0 fully saturated rings. The van der Waals surface area contributed by atoms with Crippen LogP contribution in [0.1, 0.15) is 35.2 Å². The number of para-hydroxylation sites is 1. The fourth-order valence-corrected chi connectivity index (χ4v) is 3.11. The topological polar surface area (TPSA) is 64.0 Å². The molecule has 0 saturated carbocycles. The molecule has 0 aliphatic rings. The Morgan fingerprint density at radius 1 is 0.929 bits per heavy atom. The van der Waals surface area contributed by atoms with Gasteiger partial charge in [0, 0.05) is 17.3 Å². The van der Waals surface area contributed by atoms with Crippen LogP contribution in [0.3, 0.4) is 0 Å².